The van der Waals surface area contributed by atoms with Crippen molar-refractivity contribution in [2.75, 3.05) is 6.54 Å². The number of hydrogen-bond donors (Lipinski definition) is 1. The van der Waals surface area contributed by atoms with Gasteiger partial charge in [-0.2, -0.15) is 0 Å². The number of likely N-dealkylation sites (N-methyl/N-ethyl adjacent to an activating group) is 1. The highest BCUT2D eigenvalue weighted by molar-refractivity contribution is 5.88. The van der Waals surface area contributed by atoms with E-state index in [0.717, 1.165) is 22.3 Å². The second-order valence-electron chi connectivity index (χ2n) is 8.53. The monoisotopic (exact) mass is 442 g/mol. The zero-order valence-corrected chi connectivity index (χ0v) is 19.9. The number of hydrogen-bond acceptors (Lipinski definition) is 2. The molecule has 1 unspecified atom stereocenters. The van der Waals surface area contributed by atoms with Gasteiger partial charge in [-0.25, -0.2) is 0 Å². The Morgan fingerprint density at radius 3 is 2.18 bits per heavy atom. The first-order chi connectivity index (χ1) is 16.0. The Kier molecular flexibility index (Phi) is 8.82. The van der Waals surface area contributed by atoms with E-state index < -0.39 is 6.04 Å². The van der Waals surface area contributed by atoms with Gasteiger partial charge in [0.1, 0.15) is 6.04 Å². The smallest absolute Gasteiger partial charge is 0.243 e. The molecular weight excluding hydrogens is 408 g/mol. The molecule has 0 radical (unpaired) electrons. The van der Waals surface area contributed by atoms with Gasteiger partial charge in [0.2, 0.25) is 11.8 Å². The van der Waals surface area contributed by atoms with Gasteiger partial charge >= 0.3 is 0 Å². The minimum absolute atomic E-state index is 0.00832. The molecule has 1 N–H and O–H groups in total. The van der Waals surface area contributed by atoms with E-state index in [1.54, 1.807) is 4.90 Å². The summed E-state index contributed by atoms with van der Waals surface area (Å²) in [7, 11) is 0. The second-order valence-corrected chi connectivity index (χ2v) is 8.53. The third-order valence-electron chi connectivity index (χ3n) is 5.97. The molecular formula is C29H34N2O2. The maximum Gasteiger partial charge on any atom is 0.243 e. The Bertz CT molecular complexity index is 1040. The van der Waals surface area contributed by atoms with Crippen molar-refractivity contribution in [2.45, 2.75) is 52.6 Å². The van der Waals surface area contributed by atoms with Crippen molar-refractivity contribution in [3.8, 4) is 0 Å². The van der Waals surface area contributed by atoms with Crippen LogP contribution in [-0.2, 0) is 29.0 Å². The van der Waals surface area contributed by atoms with Crippen LogP contribution in [0.5, 0.6) is 0 Å². The van der Waals surface area contributed by atoms with Crippen LogP contribution in [0, 0.1) is 13.8 Å². The maximum absolute atomic E-state index is 13.6. The molecule has 0 saturated carbocycles. The molecule has 4 heteroatoms. The molecule has 0 fully saturated rings. The van der Waals surface area contributed by atoms with Crippen molar-refractivity contribution in [1.29, 1.82) is 0 Å². The summed E-state index contributed by atoms with van der Waals surface area (Å²) in [4.78, 5) is 28.5. The standard InChI is InChI=1S/C29H34N2O2/c1-4-30-29(33)27(20-25-11-6-5-7-12-25)31(21-26-13-9-8-10-23(26)3)28(32)19-18-24-16-14-22(2)15-17-24/h5-17,27H,4,18-21H2,1-3H3,(H,30,33). The van der Waals surface area contributed by atoms with Crippen molar-refractivity contribution < 1.29 is 9.59 Å². The first-order valence-electron chi connectivity index (χ1n) is 11.7. The highest BCUT2D eigenvalue weighted by atomic mass is 16.2. The molecule has 172 valence electrons. The number of nitrogens with zero attached hydrogens (tertiary/aromatic N) is 1. The van der Waals surface area contributed by atoms with E-state index in [0.29, 0.717) is 32.4 Å². The van der Waals surface area contributed by atoms with Crippen LogP contribution in [0.2, 0.25) is 0 Å². The van der Waals surface area contributed by atoms with Gasteiger partial charge in [-0.1, -0.05) is 84.4 Å². The first kappa shape index (κ1) is 24.2. The predicted molar refractivity (Wildman–Crippen MR) is 134 cm³/mol. The molecule has 4 nitrogen and oxygen atoms in total. The minimum atomic E-state index is -0.572. The van der Waals surface area contributed by atoms with E-state index in [1.165, 1.54) is 5.56 Å². The predicted octanol–water partition coefficient (Wildman–Crippen LogP) is 5.01. The number of aryl methyl sites for hydroxylation is 3. The van der Waals surface area contributed by atoms with Gasteiger partial charge in [-0.3, -0.25) is 9.59 Å². The Morgan fingerprint density at radius 2 is 1.52 bits per heavy atom. The first-order valence-corrected chi connectivity index (χ1v) is 11.7. The molecule has 3 rings (SSSR count). The average Bonchev–Trinajstić information content (AvgIpc) is 2.82. The van der Waals surface area contributed by atoms with Crippen molar-refractivity contribution in [1.82, 2.24) is 10.2 Å². The fourth-order valence-corrected chi connectivity index (χ4v) is 3.97. The van der Waals surface area contributed by atoms with E-state index in [9.17, 15) is 9.59 Å². The van der Waals surface area contributed by atoms with Crippen LogP contribution in [0.1, 0.15) is 41.2 Å². The molecule has 3 aromatic carbocycles. The van der Waals surface area contributed by atoms with E-state index in [2.05, 4.69) is 36.5 Å². The lowest BCUT2D eigenvalue weighted by atomic mass is 10.0. The molecule has 0 saturated heterocycles. The molecule has 0 aromatic heterocycles. The summed E-state index contributed by atoms with van der Waals surface area (Å²) in [5.41, 5.74) is 5.54. The number of carbonyl (C=O) groups excluding carboxylic acids is 2. The summed E-state index contributed by atoms with van der Waals surface area (Å²) in [6.07, 6.45) is 1.49. The van der Waals surface area contributed by atoms with Crippen LogP contribution in [0.25, 0.3) is 0 Å². The third-order valence-corrected chi connectivity index (χ3v) is 5.97. The topological polar surface area (TPSA) is 49.4 Å². The third kappa shape index (κ3) is 7.04. The van der Waals surface area contributed by atoms with Crippen LogP contribution in [0.3, 0.4) is 0 Å². The summed E-state index contributed by atoms with van der Waals surface area (Å²) in [5, 5.41) is 2.95. The summed E-state index contributed by atoms with van der Waals surface area (Å²) < 4.78 is 0. The maximum atomic E-state index is 13.6. The molecule has 0 aliphatic heterocycles. The summed E-state index contributed by atoms with van der Waals surface area (Å²) in [6, 6.07) is 25.7. The Hall–Kier alpha value is -3.40. The number of rotatable bonds is 10. The Balaban J connectivity index is 1.89. The second kappa shape index (κ2) is 12.0. The van der Waals surface area contributed by atoms with Gasteiger partial charge in [0.05, 0.1) is 0 Å². The molecule has 1 atom stereocenters. The van der Waals surface area contributed by atoms with E-state index in [-0.39, 0.29) is 11.8 Å². The summed E-state index contributed by atoms with van der Waals surface area (Å²) in [6.45, 7) is 6.94. The largest absolute Gasteiger partial charge is 0.355 e. The van der Waals surface area contributed by atoms with Gasteiger partial charge in [-0.15, -0.1) is 0 Å². The Labute approximate surface area is 197 Å². The van der Waals surface area contributed by atoms with E-state index in [4.69, 9.17) is 0 Å². The number of carbonyl (C=O) groups is 2. The van der Waals surface area contributed by atoms with Crippen molar-refractivity contribution in [2.24, 2.45) is 0 Å². The van der Waals surface area contributed by atoms with E-state index in [1.807, 2.05) is 68.4 Å². The zero-order valence-electron chi connectivity index (χ0n) is 19.9. The van der Waals surface area contributed by atoms with Gasteiger partial charge in [0.25, 0.3) is 0 Å². The van der Waals surface area contributed by atoms with Gasteiger partial charge in [0, 0.05) is 25.9 Å². The highest BCUT2D eigenvalue weighted by Gasteiger charge is 2.30. The normalized spacial score (nSPS) is 11.6. The van der Waals surface area contributed by atoms with E-state index >= 15 is 0 Å². The molecule has 2 amide bonds. The van der Waals surface area contributed by atoms with Crippen LogP contribution in [0.15, 0.2) is 78.9 Å². The number of benzene rings is 3. The van der Waals surface area contributed by atoms with Crippen molar-refractivity contribution in [3.05, 3.63) is 107 Å². The van der Waals surface area contributed by atoms with Gasteiger partial charge < -0.3 is 10.2 Å². The van der Waals surface area contributed by atoms with Crippen LogP contribution in [0.4, 0.5) is 0 Å². The lowest BCUT2D eigenvalue weighted by Gasteiger charge is -2.32. The van der Waals surface area contributed by atoms with Crippen LogP contribution < -0.4 is 5.32 Å². The highest BCUT2D eigenvalue weighted by Crippen LogP contribution is 2.19. The van der Waals surface area contributed by atoms with Crippen molar-refractivity contribution in [3.63, 3.8) is 0 Å². The molecule has 0 heterocycles. The molecule has 33 heavy (non-hydrogen) atoms. The fraction of sp³-hybridized carbons (Fsp3) is 0.310. The van der Waals surface area contributed by atoms with Gasteiger partial charge in [0.15, 0.2) is 0 Å². The number of nitrogens with one attached hydrogen (secondary N) is 1. The molecule has 0 aliphatic carbocycles. The van der Waals surface area contributed by atoms with Gasteiger partial charge in [-0.05, 0) is 49.4 Å². The number of amides is 2. The molecule has 0 spiro atoms. The van der Waals surface area contributed by atoms with Crippen LogP contribution >= 0.6 is 0 Å². The SMILES string of the molecule is CCNC(=O)C(Cc1ccccc1)N(Cc1ccccc1C)C(=O)CCc1ccc(C)cc1. The Morgan fingerprint density at radius 1 is 0.848 bits per heavy atom. The lowest BCUT2D eigenvalue weighted by Crippen LogP contribution is -2.50. The summed E-state index contributed by atoms with van der Waals surface area (Å²) >= 11 is 0. The quantitative estimate of drug-likeness (QED) is 0.480. The van der Waals surface area contributed by atoms with Crippen molar-refractivity contribution >= 4 is 11.8 Å². The molecule has 0 bridgehead atoms. The zero-order chi connectivity index (χ0) is 23.6. The minimum Gasteiger partial charge on any atom is -0.355 e. The molecule has 3 aromatic rings. The average molecular weight is 443 g/mol. The summed E-state index contributed by atoms with van der Waals surface area (Å²) in [5.74, 6) is -0.121. The molecule has 0 aliphatic rings. The van der Waals surface area contributed by atoms with Crippen LogP contribution in [-0.4, -0.2) is 29.3 Å². The lowest BCUT2D eigenvalue weighted by molar-refractivity contribution is -0.141. The fourth-order valence-electron chi connectivity index (χ4n) is 3.97.